The van der Waals surface area contributed by atoms with Crippen LogP contribution < -0.4 is 11.1 Å². The summed E-state index contributed by atoms with van der Waals surface area (Å²) in [7, 11) is 0. The fourth-order valence-electron chi connectivity index (χ4n) is 1.80. The first-order valence-corrected chi connectivity index (χ1v) is 7.14. The Morgan fingerprint density at radius 3 is 2.35 bits per heavy atom. The van der Waals surface area contributed by atoms with Gasteiger partial charge in [-0.15, -0.1) is 11.3 Å². The van der Waals surface area contributed by atoms with Crippen LogP contribution in [-0.2, 0) is 4.79 Å². The maximum absolute atomic E-state index is 11.9. The number of thiophene rings is 1. The average Bonchev–Trinajstić information content (AvgIpc) is 2.89. The van der Waals surface area contributed by atoms with E-state index in [1.807, 2.05) is 0 Å². The Balaban J connectivity index is 2.75. The number of amides is 2. The van der Waals surface area contributed by atoms with E-state index in [-0.39, 0.29) is 12.1 Å². The summed E-state index contributed by atoms with van der Waals surface area (Å²) in [5, 5.41) is 13.4. The Hall–Kier alpha value is -1.89. The van der Waals surface area contributed by atoms with Crippen LogP contribution in [0.5, 0.6) is 0 Å². The maximum atomic E-state index is 11.9. The van der Waals surface area contributed by atoms with Gasteiger partial charge in [0.05, 0.1) is 15.9 Å². The third-order valence-electron chi connectivity index (χ3n) is 3.50. The first-order chi connectivity index (χ1) is 9.36. The van der Waals surface area contributed by atoms with Crippen molar-refractivity contribution in [3.63, 3.8) is 0 Å². The van der Waals surface area contributed by atoms with Gasteiger partial charge in [-0.25, -0.2) is 0 Å². The number of hydrogen-bond donors (Lipinski definition) is 3. The van der Waals surface area contributed by atoms with Gasteiger partial charge < -0.3 is 16.2 Å². The summed E-state index contributed by atoms with van der Waals surface area (Å²) in [5.74, 6) is -1.91. The summed E-state index contributed by atoms with van der Waals surface area (Å²) in [4.78, 5) is 34.5. The summed E-state index contributed by atoms with van der Waals surface area (Å²) < 4.78 is 0. The Bertz CT molecular complexity index is 520. The molecule has 0 bridgehead atoms. The number of carboxylic acid groups (broad SMARTS) is 1. The Morgan fingerprint density at radius 2 is 1.95 bits per heavy atom. The molecule has 1 rings (SSSR count). The van der Waals surface area contributed by atoms with Crippen molar-refractivity contribution in [3.05, 3.63) is 21.9 Å². The van der Waals surface area contributed by atoms with Crippen molar-refractivity contribution in [3.8, 4) is 0 Å². The van der Waals surface area contributed by atoms with Gasteiger partial charge in [-0.05, 0) is 18.9 Å². The molecular weight excluding hydrogens is 280 g/mol. The maximum Gasteiger partial charge on any atom is 0.311 e. The first kappa shape index (κ1) is 16.2. The monoisotopic (exact) mass is 298 g/mol. The summed E-state index contributed by atoms with van der Waals surface area (Å²) in [6.45, 7) is 3.61. The van der Waals surface area contributed by atoms with Crippen molar-refractivity contribution in [1.82, 2.24) is 5.32 Å². The quantitative estimate of drug-likeness (QED) is 0.708. The number of nitrogens with one attached hydrogen (secondary N) is 1. The summed E-state index contributed by atoms with van der Waals surface area (Å²) in [6.07, 6.45) is 0.853. The van der Waals surface area contributed by atoms with E-state index in [1.54, 1.807) is 13.8 Å². The van der Waals surface area contributed by atoms with E-state index >= 15 is 0 Å². The first-order valence-electron chi connectivity index (χ1n) is 6.26. The largest absolute Gasteiger partial charge is 0.481 e. The predicted octanol–water partition coefficient (Wildman–Crippen LogP) is 1.47. The summed E-state index contributed by atoms with van der Waals surface area (Å²) in [5.41, 5.74) is 4.43. The number of hydrogen-bond acceptors (Lipinski definition) is 4. The molecule has 0 aromatic carbocycles. The molecule has 1 aromatic rings. The van der Waals surface area contributed by atoms with Gasteiger partial charge in [0.15, 0.2) is 0 Å². The molecule has 20 heavy (non-hydrogen) atoms. The van der Waals surface area contributed by atoms with Crippen molar-refractivity contribution in [2.24, 2.45) is 11.1 Å². The van der Waals surface area contributed by atoms with Crippen molar-refractivity contribution < 1.29 is 19.5 Å². The highest BCUT2D eigenvalue weighted by molar-refractivity contribution is 7.12. The minimum absolute atomic E-state index is 0.0535. The van der Waals surface area contributed by atoms with Crippen LogP contribution in [0.1, 0.15) is 46.7 Å². The van der Waals surface area contributed by atoms with Crippen LogP contribution in [0, 0.1) is 5.41 Å². The minimum Gasteiger partial charge on any atom is -0.481 e. The third-order valence-corrected chi connectivity index (χ3v) is 4.43. The normalized spacial score (nSPS) is 11.1. The molecule has 0 aliphatic heterocycles. The molecule has 110 valence electrons. The molecule has 4 N–H and O–H groups in total. The fourth-order valence-corrected chi connectivity index (χ4v) is 2.61. The van der Waals surface area contributed by atoms with Crippen molar-refractivity contribution >= 4 is 29.1 Å². The van der Waals surface area contributed by atoms with Crippen LogP contribution in [0.2, 0.25) is 0 Å². The second-order valence-electron chi connectivity index (χ2n) is 4.54. The van der Waals surface area contributed by atoms with Crippen LogP contribution in [0.4, 0.5) is 0 Å². The predicted molar refractivity (Wildman–Crippen MR) is 75.8 cm³/mol. The number of nitrogens with two attached hydrogens (primary N) is 1. The molecule has 1 heterocycles. The van der Waals surface area contributed by atoms with Crippen molar-refractivity contribution in [1.29, 1.82) is 0 Å². The number of carbonyl (C=O) groups excluding carboxylic acids is 2. The lowest BCUT2D eigenvalue weighted by Crippen LogP contribution is -2.42. The van der Waals surface area contributed by atoms with Crippen LogP contribution in [0.25, 0.3) is 0 Å². The standard InChI is InChI=1S/C13H18N2O4S/c1-3-13(4-2,12(18)19)7-15-11(17)9-5-8(6-20-9)10(14)16/h5-6H,3-4,7H2,1-2H3,(H2,14,16)(H,15,17)(H,18,19). The second kappa shape index (κ2) is 6.51. The van der Waals surface area contributed by atoms with Crippen LogP contribution in [0.3, 0.4) is 0 Å². The molecule has 0 saturated heterocycles. The Morgan fingerprint density at radius 1 is 1.35 bits per heavy atom. The van der Waals surface area contributed by atoms with E-state index in [9.17, 15) is 19.5 Å². The lowest BCUT2D eigenvalue weighted by molar-refractivity contribution is -0.149. The van der Waals surface area contributed by atoms with Gasteiger partial charge in [-0.1, -0.05) is 13.8 Å². The highest BCUT2D eigenvalue weighted by Gasteiger charge is 2.35. The highest BCUT2D eigenvalue weighted by Crippen LogP contribution is 2.26. The van der Waals surface area contributed by atoms with Gasteiger partial charge in [0.25, 0.3) is 5.91 Å². The molecule has 0 radical (unpaired) electrons. The Kier molecular flexibility index (Phi) is 5.26. The van der Waals surface area contributed by atoms with Gasteiger partial charge in [0.1, 0.15) is 0 Å². The summed E-state index contributed by atoms with van der Waals surface area (Å²) in [6, 6.07) is 1.41. The van der Waals surface area contributed by atoms with Crippen LogP contribution in [-0.4, -0.2) is 29.4 Å². The van der Waals surface area contributed by atoms with E-state index in [4.69, 9.17) is 5.73 Å². The lowest BCUT2D eigenvalue weighted by Gasteiger charge is -2.26. The molecule has 0 atom stereocenters. The topological polar surface area (TPSA) is 109 Å². The van der Waals surface area contributed by atoms with E-state index < -0.39 is 23.2 Å². The summed E-state index contributed by atoms with van der Waals surface area (Å²) >= 11 is 1.10. The minimum atomic E-state index is -0.959. The Labute approximate surface area is 121 Å². The van der Waals surface area contributed by atoms with Gasteiger partial charge in [0.2, 0.25) is 5.91 Å². The molecule has 6 nitrogen and oxygen atoms in total. The second-order valence-corrected chi connectivity index (χ2v) is 5.45. The third kappa shape index (κ3) is 3.36. The smallest absolute Gasteiger partial charge is 0.311 e. The zero-order valence-electron chi connectivity index (χ0n) is 11.4. The zero-order valence-corrected chi connectivity index (χ0v) is 12.3. The molecule has 0 aliphatic rings. The molecule has 0 saturated carbocycles. The van der Waals surface area contributed by atoms with E-state index in [1.165, 1.54) is 11.4 Å². The van der Waals surface area contributed by atoms with Crippen LogP contribution >= 0.6 is 11.3 Å². The van der Waals surface area contributed by atoms with Gasteiger partial charge in [0, 0.05) is 11.9 Å². The van der Waals surface area contributed by atoms with Gasteiger partial charge in [-0.3, -0.25) is 14.4 Å². The molecule has 0 unspecified atom stereocenters. The molecule has 0 spiro atoms. The number of rotatable bonds is 7. The lowest BCUT2D eigenvalue weighted by atomic mass is 9.82. The van der Waals surface area contributed by atoms with E-state index in [0.29, 0.717) is 17.7 Å². The molecule has 0 aliphatic carbocycles. The number of carboxylic acids is 1. The van der Waals surface area contributed by atoms with Crippen molar-refractivity contribution in [2.75, 3.05) is 6.54 Å². The fraction of sp³-hybridized carbons (Fsp3) is 0.462. The zero-order chi connectivity index (χ0) is 15.3. The SMILES string of the molecule is CCC(CC)(CNC(=O)c1cc(C(N)=O)cs1)C(=O)O. The van der Waals surface area contributed by atoms with E-state index in [2.05, 4.69) is 5.32 Å². The molecule has 1 aromatic heterocycles. The van der Waals surface area contributed by atoms with Gasteiger partial charge >= 0.3 is 5.97 Å². The number of carbonyl (C=O) groups is 3. The molecule has 7 heteroatoms. The number of aliphatic carboxylic acids is 1. The van der Waals surface area contributed by atoms with Crippen molar-refractivity contribution in [2.45, 2.75) is 26.7 Å². The number of primary amides is 1. The molecule has 2 amide bonds. The highest BCUT2D eigenvalue weighted by atomic mass is 32.1. The van der Waals surface area contributed by atoms with Gasteiger partial charge in [-0.2, -0.15) is 0 Å². The van der Waals surface area contributed by atoms with Crippen LogP contribution in [0.15, 0.2) is 11.4 Å². The molecular formula is C13H18N2O4S. The van der Waals surface area contributed by atoms with E-state index in [0.717, 1.165) is 11.3 Å². The average molecular weight is 298 g/mol. The molecule has 0 fully saturated rings.